The minimum Gasteiger partial charge on any atom is -0.288 e. The SMILES string of the molecule is C[C@@H](C1=C=CC=C1P(C1=C[CH]C=C[CH-]1)c1ccccc1)P(C(C)(C)C)C(C)(C)C.[C]1=C=C=C=[C-]1.[Fe+2]. The largest absolute Gasteiger partial charge is 2.00 e. The summed E-state index contributed by atoms with van der Waals surface area (Å²) in [5, 5.41) is 4.89. The van der Waals surface area contributed by atoms with E-state index < -0.39 is 7.92 Å². The standard InChI is InChI=1S/C27H34P2.C5.Fe/c1-21(29(26(2,3)4)27(5,6)7)24-19-14-20-25(24)28(22-15-10-8-11-16-22)23-17-12-9-13-18-23;1-2-4-5-3-1;/h8-18,20-21H,1-7H3;;/q2*-1;+2/t21-;;/m0../s1. The van der Waals surface area contributed by atoms with Crippen molar-refractivity contribution in [1.29, 1.82) is 0 Å². The van der Waals surface area contributed by atoms with E-state index in [1.54, 1.807) is 0 Å². The van der Waals surface area contributed by atoms with Crippen LogP contribution in [-0.4, -0.2) is 16.0 Å². The maximum absolute atomic E-state index is 3.68. The summed E-state index contributed by atoms with van der Waals surface area (Å²) in [5.74, 6) is 0. The third-order valence-corrected chi connectivity index (χ3v) is 12.0. The van der Waals surface area contributed by atoms with E-state index in [2.05, 4.69) is 157 Å². The van der Waals surface area contributed by atoms with E-state index in [0.717, 1.165) is 0 Å². The Morgan fingerprint density at radius 2 is 1.63 bits per heavy atom. The summed E-state index contributed by atoms with van der Waals surface area (Å²) in [4.78, 5) is 0. The van der Waals surface area contributed by atoms with Crippen molar-refractivity contribution < 1.29 is 17.1 Å². The van der Waals surface area contributed by atoms with Gasteiger partial charge in [-0.1, -0.05) is 86.7 Å². The normalized spacial score (nSPS) is 17.2. The Morgan fingerprint density at radius 1 is 0.943 bits per heavy atom. The summed E-state index contributed by atoms with van der Waals surface area (Å²) in [5.41, 5.74) is 13.1. The van der Waals surface area contributed by atoms with Gasteiger partial charge in [0, 0.05) is 11.2 Å². The fourth-order valence-electron chi connectivity index (χ4n) is 4.94. The van der Waals surface area contributed by atoms with Gasteiger partial charge < -0.3 is 0 Å². The van der Waals surface area contributed by atoms with E-state index >= 15 is 0 Å². The van der Waals surface area contributed by atoms with Crippen molar-refractivity contribution in [2.45, 2.75) is 64.4 Å². The van der Waals surface area contributed by atoms with E-state index in [1.807, 2.05) is 0 Å². The number of hydrogen-bond acceptors (Lipinski definition) is 0. The maximum Gasteiger partial charge on any atom is 2.00 e. The average Bonchev–Trinajstić information content (AvgIpc) is 3.49. The van der Waals surface area contributed by atoms with Crippen LogP contribution < -0.4 is 5.30 Å². The summed E-state index contributed by atoms with van der Waals surface area (Å²) in [6, 6.07) is 11.0. The molecule has 0 N–H and O–H groups in total. The average molecular weight is 536 g/mol. The van der Waals surface area contributed by atoms with Crippen LogP contribution in [0, 0.1) is 25.0 Å². The summed E-state index contributed by atoms with van der Waals surface area (Å²) in [6.45, 7) is 16.9. The van der Waals surface area contributed by atoms with Crippen molar-refractivity contribution in [3.05, 3.63) is 125 Å². The number of hydrogen-bond donors (Lipinski definition) is 0. The van der Waals surface area contributed by atoms with E-state index in [1.165, 1.54) is 21.5 Å². The molecule has 0 saturated heterocycles. The second kappa shape index (κ2) is 13.0. The Labute approximate surface area is 226 Å². The van der Waals surface area contributed by atoms with Crippen molar-refractivity contribution >= 4 is 21.1 Å². The van der Waals surface area contributed by atoms with Gasteiger partial charge in [-0.05, 0) is 41.0 Å². The molecular weight excluding hydrogens is 502 g/mol. The first-order valence-corrected chi connectivity index (χ1v) is 14.5. The molecule has 3 aliphatic rings. The molecule has 0 aromatic heterocycles. The van der Waals surface area contributed by atoms with Crippen molar-refractivity contribution in [3.8, 4) is 0 Å². The third kappa shape index (κ3) is 7.89. The minimum atomic E-state index is -0.580. The fourth-order valence-corrected chi connectivity index (χ4v) is 12.4. The van der Waals surface area contributed by atoms with Crippen LogP contribution in [-0.2, 0) is 17.1 Å². The van der Waals surface area contributed by atoms with Crippen LogP contribution in [0.2, 0.25) is 0 Å². The van der Waals surface area contributed by atoms with E-state index in [0.29, 0.717) is 5.66 Å². The summed E-state index contributed by atoms with van der Waals surface area (Å²) in [6.07, 6.45) is 20.5. The maximum atomic E-state index is 3.68. The van der Waals surface area contributed by atoms with Crippen LogP contribution in [0.15, 0.2) is 99.8 Å². The van der Waals surface area contributed by atoms with Gasteiger partial charge in [0.15, 0.2) is 0 Å². The van der Waals surface area contributed by atoms with Crippen LogP contribution in [0.4, 0.5) is 0 Å². The van der Waals surface area contributed by atoms with Gasteiger partial charge in [-0.15, -0.1) is 29.6 Å². The van der Waals surface area contributed by atoms with Crippen LogP contribution in [0.5, 0.6) is 0 Å². The summed E-state index contributed by atoms with van der Waals surface area (Å²) >= 11 is 0. The van der Waals surface area contributed by atoms with Crippen LogP contribution in [0.1, 0.15) is 48.5 Å². The molecule has 1 unspecified atom stereocenters. The van der Waals surface area contributed by atoms with Gasteiger partial charge in [0.1, 0.15) is 0 Å². The molecule has 2 radical (unpaired) electrons. The second-order valence-corrected chi connectivity index (χ2v) is 16.7. The van der Waals surface area contributed by atoms with Crippen molar-refractivity contribution in [1.82, 2.24) is 0 Å². The predicted molar refractivity (Wildman–Crippen MR) is 151 cm³/mol. The topological polar surface area (TPSA) is 0 Å². The van der Waals surface area contributed by atoms with Gasteiger partial charge in [0.05, 0.1) is 0 Å². The molecule has 4 rings (SSSR count). The van der Waals surface area contributed by atoms with Crippen molar-refractivity contribution in [2.75, 3.05) is 0 Å². The first-order chi connectivity index (χ1) is 16.1. The minimum absolute atomic E-state index is 0. The molecule has 3 aliphatic carbocycles. The molecular formula is C32H34FeP2. The van der Waals surface area contributed by atoms with Gasteiger partial charge in [0.2, 0.25) is 0 Å². The molecule has 0 spiro atoms. The third-order valence-electron chi connectivity index (χ3n) is 5.59. The van der Waals surface area contributed by atoms with Gasteiger partial charge in [-0.2, -0.15) is 24.6 Å². The van der Waals surface area contributed by atoms with Gasteiger partial charge in [-0.3, -0.25) is 11.5 Å². The Kier molecular flexibility index (Phi) is 11.0. The van der Waals surface area contributed by atoms with Crippen LogP contribution in [0.3, 0.4) is 0 Å². The molecule has 3 heteroatoms. The second-order valence-electron chi connectivity index (χ2n) is 10.3. The number of rotatable bonds is 5. The van der Waals surface area contributed by atoms with Crippen molar-refractivity contribution in [3.63, 3.8) is 0 Å². The Bertz CT molecular complexity index is 1140. The van der Waals surface area contributed by atoms with Crippen molar-refractivity contribution in [2.24, 2.45) is 0 Å². The smallest absolute Gasteiger partial charge is 0.288 e. The monoisotopic (exact) mass is 536 g/mol. The molecule has 1 aromatic rings. The molecule has 0 nitrogen and oxygen atoms in total. The quantitative estimate of drug-likeness (QED) is 0.153. The molecule has 180 valence electrons. The molecule has 0 bridgehead atoms. The molecule has 0 fully saturated rings. The Balaban J connectivity index is 0.000000640. The molecule has 0 amide bonds. The molecule has 35 heavy (non-hydrogen) atoms. The molecule has 0 saturated carbocycles. The molecule has 1 aromatic carbocycles. The van der Waals surface area contributed by atoms with E-state index in [-0.39, 0.29) is 35.3 Å². The summed E-state index contributed by atoms with van der Waals surface area (Å²) in [7, 11) is -0.834. The first kappa shape index (κ1) is 29.5. The zero-order valence-electron chi connectivity index (χ0n) is 21.8. The van der Waals surface area contributed by atoms with Gasteiger partial charge in [-0.25, -0.2) is 5.73 Å². The number of allylic oxidation sites excluding steroid dienone is 9. The summed E-state index contributed by atoms with van der Waals surface area (Å²) < 4.78 is 0. The molecule has 0 heterocycles. The van der Waals surface area contributed by atoms with Crippen LogP contribution in [0.25, 0.3) is 0 Å². The van der Waals surface area contributed by atoms with Gasteiger partial charge >= 0.3 is 17.1 Å². The Morgan fingerprint density at radius 3 is 2.11 bits per heavy atom. The van der Waals surface area contributed by atoms with E-state index in [4.69, 9.17) is 0 Å². The molecule has 2 atom stereocenters. The van der Waals surface area contributed by atoms with E-state index in [9.17, 15) is 0 Å². The zero-order valence-corrected chi connectivity index (χ0v) is 24.6. The zero-order chi connectivity index (χ0) is 24.8. The predicted octanol–water partition coefficient (Wildman–Crippen LogP) is 8.73. The van der Waals surface area contributed by atoms with Gasteiger partial charge in [0.25, 0.3) is 0 Å². The molecule has 0 aliphatic heterocycles. The Hall–Kier alpha value is -1.71. The van der Waals surface area contributed by atoms with Crippen LogP contribution >= 0.6 is 15.8 Å². The first-order valence-electron chi connectivity index (χ1n) is 11.7. The number of benzene rings is 1. The fraction of sp³-hybridized carbons (Fsp3) is 0.312.